The van der Waals surface area contributed by atoms with Crippen LogP contribution in [-0.4, -0.2) is 35.8 Å². The summed E-state index contributed by atoms with van der Waals surface area (Å²) in [7, 11) is 0. The van der Waals surface area contributed by atoms with Crippen molar-refractivity contribution in [2.24, 2.45) is 11.7 Å². The van der Waals surface area contributed by atoms with Gasteiger partial charge >= 0.3 is 0 Å². The van der Waals surface area contributed by atoms with Gasteiger partial charge in [0.25, 0.3) is 0 Å². The number of hydrogen-bond acceptors (Lipinski definition) is 3. The number of piperidine rings is 1. The van der Waals surface area contributed by atoms with Gasteiger partial charge in [0.1, 0.15) is 0 Å². The maximum atomic E-state index is 12.8. The Hall–Kier alpha value is -1.88. The molecule has 1 aromatic rings. The summed E-state index contributed by atoms with van der Waals surface area (Å²) in [5.41, 5.74) is 6.80. The molecular formula is C18H27N3O2. The van der Waals surface area contributed by atoms with Gasteiger partial charge in [0, 0.05) is 26.1 Å². The number of rotatable bonds is 5. The summed E-state index contributed by atoms with van der Waals surface area (Å²) in [5.74, 6) is 0.539. The molecule has 126 valence electrons. The van der Waals surface area contributed by atoms with Crippen LogP contribution in [-0.2, 0) is 9.59 Å². The first-order valence-corrected chi connectivity index (χ1v) is 8.32. The molecule has 5 heteroatoms. The third-order valence-electron chi connectivity index (χ3n) is 4.53. The summed E-state index contributed by atoms with van der Waals surface area (Å²) in [6.07, 6.45) is 2.24. The molecule has 0 bridgehead atoms. The molecule has 2 rings (SSSR count). The number of nitrogens with two attached hydrogens (primary N) is 1. The van der Waals surface area contributed by atoms with Crippen molar-refractivity contribution >= 4 is 11.8 Å². The molecule has 0 saturated carbocycles. The Kier molecular flexibility index (Phi) is 6.16. The highest BCUT2D eigenvalue weighted by Crippen LogP contribution is 2.25. The fraction of sp³-hybridized carbons (Fsp3) is 0.556. The quantitative estimate of drug-likeness (QED) is 0.870. The van der Waals surface area contributed by atoms with Gasteiger partial charge in [-0.1, -0.05) is 37.3 Å². The minimum Gasteiger partial charge on any atom is -0.349 e. The Morgan fingerprint density at radius 3 is 2.65 bits per heavy atom. The fourth-order valence-electron chi connectivity index (χ4n) is 3.28. The predicted octanol–water partition coefficient (Wildman–Crippen LogP) is 1.84. The van der Waals surface area contributed by atoms with Crippen molar-refractivity contribution in [1.29, 1.82) is 0 Å². The van der Waals surface area contributed by atoms with Crippen molar-refractivity contribution in [2.45, 2.75) is 45.2 Å². The molecule has 3 unspecified atom stereocenters. The monoisotopic (exact) mass is 317 g/mol. The number of carbonyl (C=O) groups excluding carboxylic acids is 2. The molecule has 2 amide bonds. The van der Waals surface area contributed by atoms with E-state index in [-0.39, 0.29) is 30.3 Å². The summed E-state index contributed by atoms with van der Waals surface area (Å²) < 4.78 is 0. The summed E-state index contributed by atoms with van der Waals surface area (Å²) in [6.45, 7) is 4.93. The Bertz CT molecular complexity index is 532. The van der Waals surface area contributed by atoms with Crippen LogP contribution < -0.4 is 11.1 Å². The van der Waals surface area contributed by atoms with Crippen LogP contribution in [0.3, 0.4) is 0 Å². The standard InChI is InChI=1S/C18H27N3O2/c1-13-8-9-21(16(10-13)12-19)18(23)11-17(20-14(2)22)15-6-4-3-5-7-15/h3-7,13,16-17H,8-12,19H2,1-2H3,(H,20,22). The van der Waals surface area contributed by atoms with E-state index in [1.165, 1.54) is 6.92 Å². The van der Waals surface area contributed by atoms with Gasteiger partial charge in [-0.25, -0.2) is 0 Å². The minimum absolute atomic E-state index is 0.0648. The zero-order valence-corrected chi connectivity index (χ0v) is 14.0. The van der Waals surface area contributed by atoms with Gasteiger partial charge in [-0.15, -0.1) is 0 Å². The van der Waals surface area contributed by atoms with Crippen molar-refractivity contribution in [2.75, 3.05) is 13.1 Å². The molecule has 0 spiro atoms. The van der Waals surface area contributed by atoms with Crippen molar-refractivity contribution in [3.05, 3.63) is 35.9 Å². The SMILES string of the molecule is CC(=O)NC(CC(=O)N1CCC(C)CC1CN)c1ccccc1. The van der Waals surface area contributed by atoms with E-state index in [4.69, 9.17) is 5.73 Å². The minimum atomic E-state index is -0.293. The summed E-state index contributed by atoms with van der Waals surface area (Å²) in [6, 6.07) is 9.45. The lowest BCUT2D eigenvalue weighted by Gasteiger charge is -2.38. The molecule has 0 aliphatic carbocycles. The number of benzene rings is 1. The number of amides is 2. The van der Waals surface area contributed by atoms with Crippen molar-refractivity contribution in [3.63, 3.8) is 0 Å². The Morgan fingerprint density at radius 2 is 2.04 bits per heavy atom. The molecule has 1 aliphatic rings. The Labute approximate surface area is 138 Å². The topological polar surface area (TPSA) is 75.4 Å². The van der Waals surface area contributed by atoms with Gasteiger partial charge in [0.2, 0.25) is 11.8 Å². The lowest BCUT2D eigenvalue weighted by molar-refractivity contribution is -0.136. The first-order valence-electron chi connectivity index (χ1n) is 8.32. The normalized spacial score (nSPS) is 22.5. The summed E-state index contributed by atoms with van der Waals surface area (Å²) in [4.78, 5) is 26.2. The van der Waals surface area contributed by atoms with Crippen LogP contribution in [0.1, 0.15) is 44.7 Å². The number of nitrogens with zero attached hydrogens (tertiary/aromatic N) is 1. The molecule has 1 aromatic carbocycles. The van der Waals surface area contributed by atoms with Crippen molar-refractivity contribution < 1.29 is 9.59 Å². The summed E-state index contributed by atoms with van der Waals surface area (Å²) in [5, 5.41) is 2.89. The van der Waals surface area contributed by atoms with E-state index in [9.17, 15) is 9.59 Å². The largest absolute Gasteiger partial charge is 0.349 e. The van der Waals surface area contributed by atoms with Gasteiger partial charge in [0.05, 0.1) is 12.5 Å². The highest BCUT2D eigenvalue weighted by atomic mass is 16.2. The van der Waals surface area contributed by atoms with Gasteiger partial charge in [0.15, 0.2) is 0 Å². The highest BCUT2D eigenvalue weighted by Gasteiger charge is 2.30. The van der Waals surface area contributed by atoms with Crippen LogP contribution in [0.25, 0.3) is 0 Å². The van der Waals surface area contributed by atoms with Gasteiger partial charge in [-0.2, -0.15) is 0 Å². The molecule has 0 aromatic heterocycles. The van der Waals surface area contributed by atoms with E-state index in [1.807, 2.05) is 35.2 Å². The second-order valence-electron chi connectivity index (χ2n) is 6.47. The maximum absolute atomic E-state index is 12.8. The van der Waals surface area contributed by atoms with Gasteiger partial charge < -0.3 is 16.0 Å². The zero-order chi connectivity index (χ0) is 16.8. The van der Waals surface area contributed by atoms with Gasteiger partial charge in [-0.3, -0.25) is 9.59 Å². The van der Waals surface area contributed by atoms with Crippen LogP contribution in [0.4, 0.5) is 0 Å². The molecule has 3 N–H and O–H groups in total. The van der Waals surface area contributed by atoms with Gasteiger partial charge in [-0.05, 0) is 24.3 Å². The number of nitrogens with one attached hydrogen (secondary N) is 1. The van der Waals surface area contributed by atoms with E-state index in [1.54, 1.807) is 0 Å². The second-order valence-corrected chi connectivity index (χ2v) is 6.47. The molecule has 5 nitrogen and oxygen atoms in total. The van der Waals surface area contributed by atoms with E-state index in [0.717, 1.165) is 24.9 Å². The van der Waals surface area contributed by atoms with E-state index in [0.29, 0.717) is 12.5 Å². The van der Waals surface area contributed by atoms with E-state index >= 15 is 0 Å². The van der Waals surface area contributed by atoms with Crippen LogP contribution in [0.15, 0.2) is 30.3 Å². The highest BCUT2D eigenvalue weighted by molar-refractivity contribution is 5.79. The number of likely N-dealkylation sites (tertiary alicyclic amines) is 1. The molecule has 3 atom stereocenters. The van der Waals surface area contributed by atoms with E-state index < -0.39 is 0 Å². The van der Waals surface area contributed by atoms with Crippen LogP contribution in [0.5, 0.6) is 0 Å². The van der Waals surface area contributed by atoms with Crippen LogP contribution in [0.2, 0.25) is 0 Å². The molecule has 23 heavy (non-hydrogen) atoms. The first-order chi connectivity index (χ1) is 11.0. The molecule has 0 radical (unpaired) electrons. The van der Waals surface area contributed by atoms with Crippen LogP contribution >= 0.6 is 0 Å². The van der Waals surface area contributed by atoms with Crippen molar-refractivity contribution in [3.8, 4) is 0 Å². The lowest BCUT2D eigenvalue weighted by atomic mass is 9.91. The van der Waals surface area contributed by atoms with Crippen molar-refractivity contribution in [1.82, 2.24) is 10.2 Å². The molecule has 1 fully saturated rings. The fourth-order valence-corrected chi connectivity index (χ4v) is 3.28. The molecular weight excluding hydrogens is 290 g/mol. The number of hydrogen-bond donors (Lipinski definition) is 2. The number of carbonyl (C=O) groups is 2. The molecule has 1 saturated heterocycles. The summed E-state index contributed by atoms with van der Waals surface area (Å²) >= 11 is 0. The molecule has 1 aliphatic heterocycles. The predicted molar refractivity (Wildman–Crippen MR) is 90.6 cm³/mol. The Balaban J connectivity index is 2.09. The average molecular weight is 317 g/mol. The third-order valence-corrected chi connectivity index (χ3v) is 4.53. The van der Waals surface area contributed by atoms with Crippen LogP contribution in [0, 0.1) is 5.92 Å². The third kappa shape index (κ3) is 4.79. The second kappa shape index (κ2) is 8.11. The average Bonchev–Trinajstić information content (AvgIpc) is 2.54. The zero-order valence-electron chi connectivity index (χ0n) is 14.0. The smallest absolute Gasteiger partial charge is 0.225 e. The first kappa shape index (κ1) is 17.5. The lowest BCUT2D eigenvalue weighted by Crippen LogP contribution is -2.50. The maximum Gasteiger partial charge on any atom is 0.225 e. The Morgan fingerprint density at radius 1 is 1.35 bits per heavy atom. The van der Waals surface area contributed by atoms with E-state index in [2.05, 4.69) is 12.2 Å². The molecule has 1 heterocycles.